The molecule has 0 spiro atoms. The van der Waals surface area contributed by atoms with Crippen molar-refractivity contribution in [2.24, 2.45) is 0 Å². The number of carboxylic acids is 1. The molecule has 6 heteroatoms. The Balaban J connectivity index is 2.70. The van der Waals surface area contributed by atoms with Crippen molar-refractivity contribution in [3.05, 3.63) is 28.2 Å². The van der Waals surface area contributed by atoms with Crippen LogP contribution in [0.2, 0.25) is 0 Å². The maximum absolute atomic E-state index is 11.6. The molecule has 1 amide bonds. The molecule has 0 heterocycles. The molecule has 0 bridgehead atoms. The molecular weight excluding hydrogens is 314 g/mol. The fourth-order valence-corrected chi connectivity index (χ4v) is 1.66. The Morgan fingerprint density at radius 2 is 2.00 bits per heavy atom. The van der Waals surface area contributed by atoms with E-state index in [0.29, 0.717) is 10.2 Å². The highest BCUT2D eigenvalue weighted by Crippen LogP contribution is 2.21. The van der Waals surface area contributed by atoms with Gasteiger partial charge in [0.05, 0.1) is 11.2 Å². The van der Waals surface area contributed by atoms with Crippen LogP contribution in [0, 0.1) is 0 Å². The average Bonchev–Trinajstić information content (AvgIpc) is 2.28. The number of amides is 1. The number of halogens is 1. The van der Waals surface area contributed by atoms with E-state index in [1.165, 1.54) is 6.07 Å². The van der Waals surface area contributed by atoms with Crippen molar-refractivity contribution in [1.82, 2.24) is 0 Å². The number of hydrogen-bond donors (Lipinski definition) is 2. The highest BCUT2D eigenvalue weighted by atomic mass is 79.9. The number of aromatic carboxylic acids is 1. The minimum Gasteiger partial charge on any atom is -0.478 e. The highest BCUT2D eigenvalue weighted by molar-refractivity contribution is 9.10. The number of anilines is 1. The highest BCUT2D eigenvalue weighted by Gasteiger charge is 2.14. The molecule has 5 nitrogen and oxygen atoms in total. The van der Waals surface area contributed by atoms with Crippen LogP contribution in [-0.2, 0) is 9.53 Å². The summed E-state index contributed by atoms with van der Waals surface area (Å²) in [6.45, 7) is 5.47. The summed E-state index contributed by atoms with van der Waals surface area (Å²) in [6.07, 6.45) is 0. The lowest BCUT2D eigenvalue weighted by Crippen LogP contribution is -2.27. The van der Waals surface area contributed by atoms with Crippen LogP contribution >= 0.6 is 15.9 Å². The Hall–Kier alpha value is -1.40. The van der Waals surface area contributed by atoms with Crippen LogP contribution < -0.4 is 5.32 Å². The Kier molecular flexibility index (Phi) is 5.08. The average molecular weight is 330 g/mol. The van der Waals surface area contributed by atoms with Crippen LogP contribution in [0.1, 0.15) is 31.1 Å². The zero-order chi connectivity index (χ0) is 14.6. The molecule has 1 aromatic rings. The minimum atomic E-state index is -1.06. The number of ether oxygens (including phenoxy) is 1. The minimum absolute atomic E-state index is 0.0814. The van der Waals surface area contributed by atoms with Crippen LogP contribution in [0.3, 0.4) is 0 Å². The molecule has 1 rings (SSSR count). The summed E-state index contributed by atoms with van der Waals surface area (Å²) in [5.41, 5.74) is 0.112. The number of nitrogens with one attached hydrogen (secondary N) is 1. The van der Waals surface area contributed by atoms with Crippen LogP contribution in [0.25, 0.3) is 0 Å². The van der Waals surface area contributed by atoms with E-state index in [4.69, 9.17) is 9.84 Å². The van der Waals surface area contributed by atoms with Crippen LogP contribution in [0.4, 0.5) is 5.69 Å². The first kappa shape index (κ1) is 15.7. The number of carbonyl (C=O) groups excluding carboxylic acids is 1. The van der Waals surface area contributed by atoms with E-state index in [1.54, 1.807) is 12.1 Å². The summed E-state index contributed by atoms with van der Waals surface area (Å²) in [5.74, 6) is -1.39. The standard InChI is InChI=1S/C13H16BrNO4/c1-13(2,3)19-7-11(16)15-8-4-5-10(14)9(6-8)12(17)18/h4-6H,7H2,1-3H3,(H,15,16)(H,17,18). The molecule has 0 atom stereocenters. The van der Waals surface area contributed by atoms with Gasteiger partial charge in [-0.1, -0.05) is 0 Å². The van der Waals surface area contributed by atoms with Crippen LogP contribution in [-0.4, -0.2) is 29.2 Å². The second-order valence-corrected chi connectivity index (χ2v) is 5.80. The van der Waals surface area contributed by atoms with Gasteiger partial charge in [-0.2, -0.15) is 0 Å². The predicted octanol–water partition coefficient (Wildman–Crippen LogP) is 2.90. The third-order valence-corrected chi connectivity index (χ3v) is 2.81. The molecule has 0 aliphatic rings. The molecule has 104 valence electrons. The first-order chi connectivity index (χ1) is 8.69. The molecule has 0 aliphatic carbocycles. The van der Waals surface area contributed by atoms with Crippen molar-refractivity contribution in [2.75, 3.05) is 11.9 Å². The molecule has 2 N–H and O–H groups in total. The second kappa shape index (κ2) is 6.16. The molecule has 0 aromatic heterocycles. The van der Waals surface area contributed by atoms with Gasteiger partial charge in [-0.25, -0.2) is 4.79 Å². The van der Waals surface area contributed by atoms with Gasteiger partial charge in [0, 0.05) is 10.2 Å². The summed E-state index contributed by atoms with van der Waals surface area (Å²) in [6, 6.07) is 4.58. The lowest BCUT2D eigenvalue weighted by molar-refractivity contribution is -0.125. The number of carbonyl (C=O) groups is 2. The summed E-state index contributed by atoms with van der Waals surface area (Å²) < 4.78 is 5.79. The summed E-state index contributed by atoms with van der Waals surface area (Å²) in [4.78, 5) is 22.6. The van der Waals surface area contributed by atoms with Gasteiger partial charge in [0.2, 0.25) is 5.91 Å². The molecule has 0 saturated carbocycles. The van der Waals surface area contributed by atoms with Crippen LogP contribution in [0.5, 0.6) is 0 Å². The molecule has 1 aromatic carbocycles. The number of hydrogen-bond acceptors (Lipinski definition) is 3. The summed E-state index contributed by atoms with van der Waals surface area (Å²) in [5, 5.41) is 11.6. The maximum atomic E-state index is 11.6. The third kappa shape index (κ3) is 5.40. The van der Waals surface area contributed by atoms with Gasteiger partial charge in [-0.3, -0.25) is 4.79 Å². The Morgan fingerprint density at radius 1 is 1.37 bits per heavy atom. The zero-order valence-electron chi connectivity index (χ0n) is 11.0. The van der Waals surface area contributed by atoms with E-state index in [9.17, 15) is 9.59 Å². The molecule has 0 aliphatic heterocycles. The molecule has 19 heavy (non-hydrogen) atoms. The summed E-state index contributed by atoms with van der Waals surface area (Å²) in [7, 11) is 0. The summed E-state index contributed by atoms with van der Waals surface area (Å²) >= 11 is 3.14. The van der Waals surface area contributed by atoms with Crippen molar-refractivity contribution in [3.8, 4) is 0 Å². The molecule has 0 fully saturated rings. The topological polar surface area (TPSA) is 75.6 Å². The predicted molar refractivity (Wildman–Crippen MR) is 75.4 cm³/mol. The smallest absolute Gasteiger partial charge is 0.336 e. The van der Waals surface area contributed by atoms with Gasteiger partial charge in [0.25, 0.3) is 0 Å². The number of rotatable bonds is 4. The van der Waals surface area contributed by atoms with E-state index in [0.717, 1.165) is 0 Å². The van der Waals surface area contributed by atoms with Crippen molar-refractivity contribution in [1.29, 1.82) is 0 Å². The Bertz CT molecular complexity index is 494. The molecule has 0 saturated heterocycles. The molecular formula is C13H16BrNO4. The second-order valence-electron chi connectivity index (χ2n) is 4.95. The lowest BCUT2D eigenvalue weighted by Gasteiger charge is -2.19. The molecule has 0 radical (unpaired) electrons. The SMILES string of the molecule is CC(C)(C)OCC(=O)Nc1ccc(Br)c(C(=O)O)c1. The largest absolute Gasteiger partial charge is 0.478 e. The van der Waals surface area contributed by atoms with Gasteiger partial charge >= 0.3 is 5.97 Å². The third-order valence-electron chi connectivity index (χ3n) is 2.12. The fourth-order valence-electron chi connectivity index (χ4n) is 1.25. The van der Waals surface area contributed by atoms with Crippen molar-refractivity contribution in [2.45, 2.75) is 26.4 Å². The van der Waals surface area contributed by atoms with Crippen LogP contribution in [0.15, 0.2) is 22.7 Å². The quantitative estimate of drug-likeness (QED) is 0.890. The van der Waals surface area contributed by atoms with Gasteiger partial charge in [-0.15, -0.1) is 0 Å². The van der Waals surface area contributed by atoms with Crippen molar-refractivity contribution >= 4 is 33.5 Å². The van der Waals surface area contributed by atoms with Crippen molar-refractivity contribution in [3.63, 3.8) is 0 Å². The van der Waals surface area contributed by atoms with Gasteiger partial charge in [0.1, 0.15) is 6.61 Å². The monoisotopic (exact) mass is 329 g/mol. The zero-order valence-corrected chi connectivity index (χ0v) is 12.6. The van der Waals surface area contributed by atoms with Crippen molar-refractivity contribution < 1.29 is 19.4 Å². The molecule has 0 unspecified atom stereocenters. The van der Waals surface area contributed by atoms with E-state index < -0.39 is 11.6 Å². The first-order valence-corrected chi connectivity index (χ1v) is 6.45. The maximum Gasteiger partial charge on any atom is 0.336 e. The van der Waals surface area contributed by atoms with E-state index in [2.05, 4.69) is 21.2 Å². The number of carboxylic acid groups (broad SMARTS) is 1. The van der Waals surface area contributed by atoms with Gasteiger partial charge < -0.3 is 15.2 Å². The van der Waals surface area contributed by atoms with E-state index in [1.807, 2.05) is 20.8 Å². The normalized spacial score (nSPS) is 11.2. The van der Waals surface area contributed by atoms with Gasteiger partial charge in [-0.05, 0) is 54.9 Å². The lowest BCUT2D eigenvalue weighted by atomic mass is 10.2. The first-order valence-electron chi connectivity index (χ1n) is 5.66. The number of benzene rings is 1. The fraction of sp³-hybridized carbons (Fsp3) is 0.385. The Labute approximate surface area is 120 Å². The van der Waals surface area contributed by atoms with Gasteiger partial charge in [0.15, 0.2) is 0 Å². The van der Waals surface area contributed by atoms with E-state index in [-0.39, 0.29) is 18.1 Å². The van der Waals surface area contributed by atoms with E-state index >= 15 is 0 Å². The Morgan fingerprint density at radius 3 is 2.53 bits per heavy atom.